The van der Waals surface area contributed by atoms with Crippen LogP contribution in [0.4, 0.5) is 5.95 Å². The molecule has 0 fully saturated rings. The van der Waals surface area contributed by atoms with Crippen molar-refractivity contribution in [3.05, 3.63) is 46.8 Å². The highest BCUT2D eigenvalue weighted by molar-refractivity contribution is 6.30. The molecule has 0 saturated carbocycles. The highest BCUT2D eigenvalue weighted by Gasteiger charge is 2.34. The van der Waals surface area contributed by atoms with Crippen LogP contribution in [0, 0.1) is 5.41 Å². The monoisotopic (exact) mass is 262 g/mol. The highest BCUT2D eigenvalue weighted by Crippen LogP contribution is 2.28. The maximum Gasteiger partial charge on any atom is 0.245 e. The Morgan fingerprint density at radius 1 is 1.28 bits per heavy atom. The van der Waals surface area contributed by atoms with Crippen LogP contribution in [0.25, 0.3) is 0 Å². The van der Waals surface area contributed by atoms with Gasteiger partial charge in [-0.1, -0.05) is 23.7 Å². The van der Waals surface area contributed by atoms with E-state index in [4.69, 9.17) is 17.0 Å². The number of anilines is 1. The van der Waals surface area contributed by atoms with Gasteiger partial charge in [0.05, 0.1) is 0 Å². The minimum absolute atomic E-state index is 0.102. The summed E-state index contributed by atoms with van der Waals surface area (Å²) >= 11 is 5.88. The molecule has 0 aliphatic carbocycles. The standard InChI is InChI=1S/C11H11ClN6/c1-11(7-2-4-8(12)5-3-7)16-10-15-6-14-9(13)18(10)17-11/h2-6,17H,1H3,(H2,13,14,15,16). The summed E-state index contributed by atoms with van der Waals surface area (Å²) in [6, 6.07) is 7.50. The molecule has 0 saturated heterocycles. The zero-order chi connectivity index (χ0) is 12.8. The first-order chi connectivity index (χ1) is 8.58. The van der Waals surface area contributed by atoms with Gasteiger partial charge in [-0.3, -0.25) is 10.8 Å². The summed E-state index contributed by atoms with van der Waals surface area (Å²) in [6.07, 6.45) is 1.36. The van der Waals surface area contributed by atoms with E-state index >= 15 is 0 Å². The molecule has 92 valence electrons. The van der Waals surface area contributed by atoms with Gasteiger partial charge in [0.25, 0.3) is 0 Å². The van der Waals surface area contributed by atoms with Crippen LogP contribution in [0.2, 0.25) is 5.02 Å². The third-order valence-electron chi connectivity index (χ3n) is 2.90. The first-order valence-corrected chi connectivity index (χ1v) is 5.77. The van der Waals surface area contributed by atoms with Gasteiger partial charge in [-0.25, -0.2) is 4.98 Å². The molecule has 1 unspecified atom stereocenters. The maximum atomic E-state index is 7.71. The van der Waals surface area contributed by atoms with Gasteiger partial charge >= 0.3 is 0 Å². The van der Waals surface area contributed by atoms with Crippen molar-refractivity contribution in [1.82, 2.24) is 14.6 Å². The van der Waals surface area contributed by atoms with Crippen LogP contribution >= 0.6 is 11.6 Å². The highest BCUT2D eigenvalue weighted by atomic mass is 35.5. The molecule has 7 heteroatoms. The Morgan fingerprint density at radius 3 is 2.67 bits per heavy atom. The fourth-order valence-electron chi connectivity index (χ4n) is 1.94. The van der Waals surface area contributed by atoms with Crippen LogP contribution in [0.3, 0.4) is 0 Å². The first-order valence-electron chi connectivity index (χ1n) is 5.39. The van der Waals surface area contributed by atoms with E-state index in [-0.39, 0.29) is 5.62 Å². The van der Waals surface area contributed by atoms with Gasteiger partial charge in [0.2, 0.25) is 11.6 Å². The molecule has 3 rings (SSSR count). The molecule has 1 aliphatic rings. The fourth-order valence-corrected chi connectivity index (χ4v) is 2.07. The lowest BCUT2D eigenvalue weighted by atomic mass is 10.0. The van der Waals surface area contributed by atoms with E-state index in [1.54, 1.807) is 0 Å². The van der Waals surface area contributed by atoms with Crippen LogP contribution in [-0.4, -0.2) is 14.6 Å². The molecule has 1 atom stereocenters. The lowest BCUT2D eigenvalue weighted by molar-refractivity contribution is 0.588. The normalized spacial score (nSPS) is 21.0. The van der Waals surface area contributed by atoms with Crippen molar-refractivity contribution < 1.29 is 0 Å². The van der Waals surface area contributed by atoms with E-state index in [2.05, 4.69) is 20.7 Å². The molecule has 0 bridgehead atoms. The summed E-state index contributed by atoms with van der Waals surface area (Å²) in [5.74, 6) is 0.562. The van der Waals surface area contributed by atoms with Crippen LogP contribution < -0.4 is 16.4 Å². The number of aromatic nitrogens is 3. The number of halogens is 1. The molecular formula is C11H11ClN6. The molecule has 3 N–H and O–H groups in total. The second-order valence-electron chi connectivity index (χ2n) is 4.22. The van der Waals surface area contributed by atoms with Crippen LogP contribution in [-0.2, 0) is 5.66 Å². The molecule has 18 heavy (non-hydrogen) atoms. The van der Waals surface area contributed by atoms with Gasteiger partial charge < -0.3 is 5.32 Å². The third-order valence-corrected chi connectivity index (χ3v) is 3.15. The summed E-state index contributed by atoms with van der Waals surface area (Å²) in [5, 5.41) is 11.6. The van der Waals surface area contributed by atoms with E-state index in [0.29, 0.717) is 11.0 Å². The summed E-state index contributed by atoms with van der Waals surface area (Å²) in [6.45, 7) is 1.96. The van der Waals surface area contributed by atoms with Crippen LogP contribution in [0.5, 0.6) is 0 Å². The Labute approximate surface area is 108 Å². The van der Waals surface area contributed by atoms with Gasteiger partial charge in [-0.2, -0.15) is 9.66 Å². The van der Waals surface area contributed by atoms with E-state index in [0.717, 1.165) is 5.56 Å². The average Bonchev–Trinajstić information content (AvgIpc) is 2.69. The Balaban J connectivity index is 2.03. The van der Waals surface area contributed by atoms with Crippen molar-refractivity contribution in [2.45, 2.75) is 12.6 Å². The van der Waals surface area contributed by atoms with Gasteiger partial charge in [0.15, 0.2) is 0 Å². The van der Waals surface area contributed by atoms with Gasteiger partial charge in [0.1, 0.15) is 12.0 Å². The van der Waals surface area contributed by atoms with Gasteiger partial charge in [-0.15, -0.1) is 0 Å². The SMILES string of the molecule is CC1(c2ccc(Cl)cc2)Nc2ncnc(=N)n2N1. The predicted molar refractivity (Wildman–Crippen MR) is 67.7 cm³/mol. The first kappa shape index (κ1) is 11.0. The fraction of sp³-hybridized carbons (Fsp3) is 0.182. The smallest absolute Gasteiger partial charge is 0.245 e. The molecule has 1 aliphatic heterocycles. The minimum Gasteiger partial charge on any atom is -0.327 e. The Bertz CT molecular complexity index is 649. The number of rotatable bonds is 1. The molecule has 1 aromatic heterocycles. The number of hydrogen-bond donors (Lipinski definition) is 3. The third kappa shape index (κ3) is 1.62. The number of nitrogens with zero attached hydrogens (tertiary/aromatic N) is 3. The Hall–Kier alpha value is -2.08. The molecule has 6 nitrogen and oxygen atoms in total. The van der Waals surface area contributed by atoms with E-state index in [9.17, 15) is 0 Å². The summed E-state index contributed by atoms with van der Waals surface area (Å²) < 4.78 is 1.51. The second-order valence-corrected chi connectivity index (χ2v) is 4.66. The minimum atomic E-state index is -0.538. The zero-order valence-electron chi connectivity index (χ0n) is 9.61. The molecular weight excluding hydrogens is 252 g/mol. The number of benzene rings is 1. The van der Waals surface area contributed by atoms with Crippen molar-refractivity contribution in [2.75, 3.05) is 10.7 Å². The summed E-state index contributed by atoms with van der Waals surface area (Å²) in [4.78, 5) is 7.91. The van der Waals surface area contributed by atoms with E-state index in [1.807, 2.05) is 31.2 Å². The molecule has 2 aromatic rings. The predicted octanol–water partition coefficient (Wildman–Crippen LogP) is 1.25. The number of hydrogen-bond acceptors (Lipinski definition) is 5. The second kappa shape index (κ2) is 3.71. The maximum absolute atomic E-state index is 7.71. The van der Waals surface area contributed by atoms with Crippen LogP contribution in [0.15, 0.2) is 30.6 Å². The molecule has 0 radical (unpaired) electrons. The topological polar surface area (TPSA) is 78.6 Å². The van der Waals surface area contributed by atoms with Gasteiger partial charge in [0, 0.05) is 5.02 Å². The van der Waals surface area contributed by atoms with E-state index < -0.39 is 5.66 Å². The van der Waals surface area contributed by atoms with Crippen molar-refractivity contribution in [2.24, 2.45) is 0 Å². The van der Waals surface area contributed by atoms with Crippen molar-refractivity contribution in [1.29, 1.82) is 5.41 Å². The number of nitrogens with one attached hydrogen (secondary N) is 3. The summed E-state index contributed by atoms with van der Waals surface area (Å²) in [5.41, 5.74) is 3.73. The number of fused-ring (bicyclic) bond motifs is 1. The van der Waals surface area contributed by atoms with Crippen LogP contribution in [0.1, 0.15) is 12.5 Å². The average molecular weight is 263 g/mol. The largest absolute Gasteiger partial charge is 0.327 e. The molecule has 0 amide bonds. The van der Waals surface area contributed by atoms with Crippen molar-refractivity contribution >= 4 is 17.5 Å². The Kier molecular flexibility index (Phi) is 2.27. The van der Waals surface area contributed by atoms with E-state index in [1.165, 1.54) is 11.0 Å². The molecule has 2 heterocycles. The lowest BCUT2D eigenvalue weighted by Gasteiger charge is -2.25. The zero-order valence-corrected chi connectivity index (χ0v) is 10.4. The summed E-state index contributed by atoms with van der Waals surface area (Å²) in [7, 11) is 0. The molecule has 1 aromatic carbocycles. The van der Waals surface area contributed by atoms with Crippen molar-refractivity contribution in [3.8, 4) is 0 Å². The Morgan fingerprint density at radius 2 is 2.00 bits per heavy atom. The van der Waals surface area contributed by atoms with Gasteiger partial charge in [-0.05, 0) is 24.6 Å². The lowest BCUT2D eigenvalue weighted by Crippen LogP contribution is -2.40. The quantitative estimate of drug-likeness (QED) is 0.723. The van der Waals surface area contributed by atoms with Crippen molar-refractivity contribution in [3.63, 3.8) is 0 Å². The molecule has 0 spiro atoms.